The number of likely N-dealkylation sites (tertiary alicyclic amines) is 1. The van der Waals surface area contributed by atoms with Crippen LogP contribution >= 0.6 is 22.7 Å². The quantitative estimate of drug-likeness (QED) is 0.876. The third-order valence-corrected chi connectivity index (χ3v) is 6.37. The van der Waals surface area contributed by atoms with Gasteiger partial charge in [-0.15, -0.1) is 22.7 Å². The monoisotopic (exact) mass is 292 g/mol. The molecule has 2 unspecified atom stereocenters. The molecule has 0 spiro atoms. The van der Waals surface area contributed by atoms with Crippen LogP contribution in [0.3, 0.4) is 0 Å². The van der Waals surface area contributed by atoms with Crippen LogP contribution in [0.2, 0.25) is 0 Å². The molecule has 19 heavy (non-hydrogen) atoms. The normalized spacial score (nSPS) is 26.8. The first-order valence-corrected chi connectivity index (χ1v) is 8.51. The molecule has 2 aliphatic rings. The number of hydrogen-bond acceptors (Lipinski definition) is 4. The molecule has 0 bridgehead atoms. The van der Waals surface area contributed by atoms with Crippen LogP contribution < -0.4 is 5.32 Å². The van der Waals surface area contributed by atoms with Gasteiger partial charge in [0.05, 0.1) is 4.88 Å². The van der Waals surface area contributed by atoms with Gasteiger partial charge in [0.1, 0.15) is 0 Å². The zero-order valence-corrected chi connectivity index (χ0v) is 12.2. The molecule has 0 radical (unpaired) electrons. The Balaban J connectivity index is 1.63. The molecular formula is C14H16N2OS2. The molecular weight excluding hydrogens is 276 g/mol. The van der Waals surface area contributed by atoms with Crippen molar-refractivity contribution in [3.05, 3.63) is 22.4 Å². The summed E-state index contributed by atoms with van der Waals surface area (Å²) in [6.07, 6.45) is 2.41. The van der Waals surface area contributed by atoms with Crippen molar-refractivity contribution < 1.29 is 4.79 Å². The Morgan fingerprint density at radius 1 is 1.37 bits per heavy atom. The number of nitrogens with one attached hydrogen (secondary N) is 1. The van der Waals surface area contributed by atoms with E-state index in [2.05, 4.69) is 27.7 Å². The van der Waals surface area contributed by atoms with Gasteiger partial charge in [-0.25, -0.2) is 0 Å². The molecule has 2 aromatic heterocycles. The lowest BCUT2D eigenvalue weighted by Crippen LogP contribution is -2.48. The number of carbonyl (C=O) groups excluding carboxylic acids is 1. The third-order valence-electron chi connectivity index (χ3n) is 4.29. The van der Waals surface area contributed by atoms with Crippen LogP contribution in [0.4, 0.5) is 0 Å². The number of hydrogen-bond donors (Lipinski definition) is 1. The first-order valence-electron chi connectivity index (χ1n) is 6.81. The minimum Gasteiger partial charge on any atom is -0.333 e. The zero-order chi connectivity index (χ0) is 12.8. The van der Waals surface area contributed by atoms with E-state index in [0.717, 1.165) is 30.9 Å². The van der Waals surface area contributed by atoms with Gasteiger partial charge in [0, 0.05) is 35.1 Å². The molecule has 2 saturated heterocycles. The van der Waals surface area contributed by atoms with Crippen molar-refractivity contribution in [3.63, 3.8) is 0 Å². The Morgan fingerprint density at radius 2 is 2.32 bits per heavy atom. The lowest BCUT2D eigenvalue weighted by atomic mass is 9.92. The van der Waals surface area contributed by atoms with E-state index in [9.17, 15) is 4.79 Å². The van der Waals surface area contributed by atoms with Gasteiger partial charge in [0.2, 0.25) is 0 Å². The molecule has 1 amide bonds. The van der Waals surface area contributed by atoms with Crippen molar-refractivity contribution in [2.24, 2.45) is 5.92 Å². The number of piperidine rings is 1. The second kappa shape index (κ2) is 4.58. The number of carbonyl (C=O) groups is 1. The fourth-order valence-corrected chi connectivity index (χ4v) is 5.40. The van der Waals surface area contributed by atoms with Crippen LogP contribution in [-0.4, -0.2) is 36.5 Å². The summed E-state index contributed by atoms with van der Waals surface area (Å²) in [6.45, 7) is 2.97. The Labute approximate surface area is 120 Å². The average Bonchev–Trinajstić information content (AvgIpc) is 3.11. The van der Waals surface area contributed by atoms with Gasteiger partial charge in [0.25, 0.3) is 5.91 Å². The van der Waals surface area contributed by atoms with Gasteiger partial charge in [-0.2, -0.15) is 0 Å². The minimum atomic E-state index is 0.242. The number of amides is 1. The Morgan fingerprint density at radius 3 is 3.21 bits per heavy atom. The second-order valence-corrected chi connectivity index (χ2v) is 7.42. The number of thiophene rings is 2. The molecule has 2 atom stereocenters. The summed E-state index contributed by atoms with van der Waals surface area (Å²) in [5.41, 5.74) is 0. The van der Waals surface area contributed by atoms with E-state index in [1.807, 2.05) is 0 Å². The fraction of sp³-hybridized carbons (Fsp3) is 0.500. The van der Waals surface area contributed by atoms with Gasteiger partial charge >= 0.3 is 0 Å². The van der Waals surface area contributed by atoms with E-state index in [1.165, 1.54) is 15.8 Å². The second-order valence-electron chi connectivity index (χ2n) is 5.39. The van der Waals surface area contributed by atoms with E-state index in [0.29, 0.717) is 12.0 Å². The van der Waals surface area contributed by atoms with Crippen LogP contribution in [0.1, 0.15) is 22.5 Å². The molecule has 2 aliphatic heterocycles. The number of nitrogens with zero attached hydrogens (tertiary/aromatic N) is 1. The lowest BCUT2D eigenvalue weighted by molar-refractivity contribution is 0.0580. The summed E-state index contributed by atoms with van der Waals surface area (Å²) in [7, 11) is 0. The van der Waals surface area contributed by atoms with Gasteiger partial charge in [0.15, 0.2) is 0 Å². The molecule has 4 rings (SSSR count). The Hall–Kier alpha value is -0.910. The fourth-order valence-electron chi connectivity index (χ4n) is 3.33. The number of fused-ring (bicyclic) bond motifs is 2. The van der Waals surface area contributed by atoms with Gasteiger partial charge < -0.3 is 10.2 Å². The van der Waals surface area contributed by atoms with Crippen molar-refractivity contribution in [1.82, 2.24) is 10.2 Å². The molecule has 0 aliphatic carbocycles. The molecule has 0 saturated carbocycles. The summed E-state index contributed by atoms with van der Waals surface area (Å²) in [4.78, 5) is 15.7. The predicted molar refractivity (Wildman–Crippen MR) is 80.1 cm³/mol. The van der Waals surface area contributed by atoms with Crippen molar-refractivity contribution in [1.29, 1.82) is 0 Å². The summed E-state index contributed by atoms with van der Waals surface area (Å²) < 4.78 is 2.48. The van der Waals surface area contributed by atoms with Crippen molar-refractivity contribution >= 4 is 38.0 Å². The van der Waals surface area contributed by atoms with E-state index >= 15 is 0 Å². The molecule has 4 heterocycles. The minimum absolute atomic E-state index is 0.242. The highest BCUT2D eigenvalue weighted by molar-refractivity contribution is 7.27. The summed E-state index contributed by atoms with van der Waals surface area (Å²) >= 11 is 3.36. The van der Waals surface area contributed by atoms with Crippen molar-refractivity contribution in [2.75, 3.05) is 19.6 Å². The standard InChI is InChI=1S/C14H16N2OS2/c17-14(13-6-12-11(19-13)3-5-18-12)16-4-1-2-9-7-15-8-10(9)16/h3,5-6,9-10,15H,1-2,4,7-8H2. The van der Waals surface area contributed by atoms with Crippen LogP contribution in [0, 0.1) is 5.92 Å². The number of rotatable bonds is 1. The maximum Gasteiger partial charge on any atom is 0.264 e. The maximum absolute atomic E-state index is 12.7. The lowest BCUT2D eigenvalue weighted by Gasteiger charge is -2.36. The topological polar surface area (TPSA) is 32.3 Å². The van der Waals surface area contributed by atoms with Gasteiger partial charge in [-0.05, 0) is 36.3 Å². The van der Waals surface area contributed by atoms with E-state index in [1.54, 1.807) is 22.7 Å². The highest BCUT2D eigenvalue weighted by atomic mass is 32.1. The predicted octanol–water partition coefficient (Wildman–Crippen LogP) is 2.79. The first kappa shape index (κ1) is 11.9. The Kier molecular flexibility index (Phi) is 2.86. The molecule has 1 N–H and O–H groups in total. The SMILES string of the molecule is O=C(c1cc2sccc2s1)N1CCCC2CNCC21. The smallest absolute Gasteiger partial charge is 0.264 e. The van der Waals surface area contributed by atoms with E-state index in [-0.39, 0.29) is 5.91 Å². The molecule has 2 aromatic rings. The van der Waals surface area contributed by atoms with Crippen molar-refractivity contribution in [2.45, 2.75) is 18.9 Å². The Bertz CT molecular complexity index is 589. The van der Waals surface area contributed by atoms with Gasteiger partial charge in [-0.3, -0.25) is 4.79 Å². The molecule has 100 valence electrons. The summed E-state index contributed by atoms with van der Waals surface area (Å²) in [5, 5.41) is 5.52. The molecule has 5 heteroatoms. The van der Waals surface area contributed by atoms with Crippen LogP contribution in [0.15, 0.2) is 17.5 Å². The third kappa shape index (κ3) is 1.91. The van der Waals surface area contributed by atoms with Crippen molar-refractivity contribution in [3.8, 4) is 0 Å². The maximum atomic E-state index is 12.7. The van der Waals surface area contributed by atoms with E-state index < -0.39 is 0 Å². The summed E-state index contributed by atoms with van der Waals surface area (Å²) in [6, 6.07) is 4.60. The largest absolute Gasteiger partial charge is 0.333 e. The average molecular weight is 292 g/mol. The highest BCUT2D eigenvalue weighted by Gasteiger charge is 2.37. The van der Waals surface area contributed by atoms with Crippen LogP contribution in [-0.2, 0) is 0 Å². The van der Waals surface area contributed by atoms with Crippen LogP contribution in [0.25, 0.3) is 9.40 Å². The molecule has 0 aromatic carbocycles. The molecule has 3 nitrogen and oxygen atoms in total. The first-order chi connectivity index (χ1) is 9.33. The van der Waals surface area contributed by atoms with Gasteiger partial charge in [-0.1, -0.05) is 0 Å². The molecule has 2 fully saturated rings. The van der Waals surface area contributed by atoms with E-state index in [4.69, 9.17) is 0 Å². The summed E-state index contributed by atoms with van der Waals surface area (Å²) in [5.74, 6) is 0.908. The highest BCUT2D eigenvalue weighted by Crippen LogP contribution is 2.33. The van der Waals surface area contributed by atoms with Crippen LogP contribution in [0.5, 0.6) is 0 Å². The zero-order valence-electron chi connectivity index (χ0n) is 10.6.